The standard InChI is InChI=1S/C24H23ClFN3O4S/c1-2-32-21(30)13-33-20-8-7-16(25)11-17(20)22-23-19(28-14-34-23)9-10-29(22)24(31)27-12-15-5-3-4-6-18(15)26/h3-8,11,14,22H,2,9-10,12-13H2,1H3,(H,27,31). The minimum absolute atomic E-state index is 0.0477. The number of hydrogen-bond donors (Lipinski definition) is 1. The van der Waals surface area contributed by atoms with Crippen molar-refractivity contribution in [3.63, 3.8) is 0 Å². The smallest absolute Gasteiger partial charge is 0.344 e. The van der Waals surface area contributed by atoms with Crippen LogP contribution in [0.25, 0.3) is 0 Å². The van der Waals surface area contributed by atoms with Crippen molar-refractivity contribution in [3.05, 3.63) is 80.5 Å². The van der Waals surface area contributed by atoms with Crippen LogP contribution < -0.4 is 10.1 Å². The van der Waals surface area contributed by atoms with Crippen molar-refractivity contribution in [2.45, 2.75) is 25.9 Å². The number of thiazole rings is 1. The molecule has 0 aliphatic carbocycles. The van der Waals surface area contributed by atoms with Gasteiger partial charge >= 0.3 is 12.0 Å². The third-order valence-electron chi connectivity index (χ3n) is 5.39. The normalized spacial score (nSPS) is 14.9. The number of carbonyl (C=O) groups is 2. The number of nitrogens with one attached hydrogen (secondary N) is 1. The molecule has 2 heterocycles. The number of fused-ring (bicyclic) bond motifs is 1. The number of rotatable bonds is 7. The molecule has 1 atom stereocenters. The van der Waals surface area contributed by atoms with E-state index in [1.54, 1.807) is 53.7 Å². The van der Waals surface area contributed by atoms with Crippen LogP contribution in [-0.2, 0) is 22.5 Å². The molecule has 2 amide bonds. The Bertz CT molecular complexity index is 1190. The average Bonchev–Trinajstić information content (AvgIpc) is 3.31. The predicted octanol–water partition coefficient (Wildman–Crippen LogP) is 4.73. The number of carbonyl (C=O) groups excluding carboxylic acids is 2. The Kier molecular flexibility index (Phi) is 7.64. The Labute approximate surface area is 205 Å². The molecule has 7 nitrogen and oxygen atoms in total. The number of nitrogens with zero attached hydrogens (tertiary/aromatic N) is 2. The van der Waals surface area contributed by atoms with Crippen LogP contribution in [0.3, 0.4) is 0 Å². The fourth-order valence-corrected chi connectivity index (χ4v) is 4.98. The van der Waals surface area contributed by atoms with E-state index in [2.05, 4.69) is 10.3 Å². The molecule has 0 saturated carbocycles. The number of hydrogen-bond acceptors (Lipinski definition) is 6. The van der Waals surface area contributed by atoms with Gasteiger partial charge in [-0.1, -0.05) is 29.8 Å². The SMILES string of the molecule is CCOC(=O)COc1ccc(Cl)cc1C1c2scnc2CCN1C(=O)NCc1ccccc1F. The summed E-state index contributed by atoms with van der Waals surface area (Å²) in [5.41, 5.74) is 3.65. The van der Waals surface area contributed by atoms with Crippen molar-refractivity contribution < 1.29 is 23.5 Å². The fourth-order valence-electron chi connectivity index (χ4n) is 3.83. The van der Waals surface area contributed by atoms with E-state index >= 15 is 0 Å². The van der Waals surface area contributed by atoms with Gasteiger partial charge < -0.3 is 19.7 Å². The maximum absolute atomic E-state index is 14.0. The Morgan fingerprint density at radius 3 is 2.91 bits per heavy atom. The molecular weight excluding hydrogens is 481 g/mol. The number of esters is 1. The summed E-state index contributed by atoms with van der Waals surface area (Å²) in [5, 5.41) is 3.28. The summed E-state index contributed by atoms with van der Waals surface area (Å²) < 4.78 is 24.8. The second-order valence-corrected chi connectivity index (χ2v) is 8.86. The molecular formula is C24H23ClFN3O4S. The van der Waals surface area contributed by atoms with Gasteiger partial charge in [-0.05, 0) is 31.2 Å². The summed E-state index contributed by atoms with van der Waals surface area (Å²) in [4.78, 5) is 32.1. The second-order valence-electron chi connectivity index (χ2n) is 7.54. The first-order valence-electron chi connectivity index (χ1n) is 10.8. The summed E-state index contributed by atoms with van der Waals surface area (Å²) in [6.45, 7) is 2.14. The van der Waals surface area contributed by atoms with Gasteiger partial charge in [-0.3, -0.25) is 0 Å². The first kappa shape index (κ1) is 24.0. The second kappa shape index (κ2) is 10.8. The lowest BCUT2D eigenvalue weighted by Crippen LogP contribution is -2.45. The lowest BCUT2D eigenvalue weighted by molar-refractivity contribution is -0.145. The summed E-state index contributed by atoms with van der Waals surface area (Å²) >= 11 is 7.75. The molecule has 4 rings (SSSR count). The molecule has 0 fully saturated rings. The zero-order valence-corrected chi connectivity index (χ0v) is 20.0. The monoisotopic (exact) mass is 503 g/mol. The minimum Gasteiger partial charge on any atom is -0.482 e. The summed E-state index contributed by atoms with van der Waals surface area (Å²) in [6, 6.07) is 10.5. The largest absolute Gasteiger partial charge is 0.482 e. The van der Waals surface area contributed by atoms with E-state index in [0.29, 0.717) is 34.9 Å². The molecule has 1 unspecified atom stereocenters. The number of urea groups is 1. The lowest BCUT2D eigenvalue weighted by Gasteiger charge is -2.36. The molecule has 3 aromatic rings. The number of amides is 2. The van der Waals surface area contributed by atoms with E-state index in [1.807, 2.05) is 0 Å². The van der Waals surface area contributed by atoms with Gasteiger partial charge in [-0.25, -0.2) is 19.0 Å². The van der Waals surface area contributed by atoms with E-state index in [1.165, 1.54) is 17.4 Å². The summed E-state index contributed by atoms with van der Waals surface area (Å²) in [6.07, 6.45) is 0.585. The van der Waals surface area contributed by atoms with Crippen molar-refractivity contribution in [2.75, 3.05) is 19.8 Å². The molecule has 10 heteroatoms. The van der Waals surface area contributed by atoms with Crippen LogP contribution >= 0.6 is 22.9 Å². The van der Waals surface area contributed by atoms with Gasteiger partial charge in [-0.15, -0.1) is 11.3 Å². The molecule has 178 valence electrons. The van der Waals surface area contributed by atoms with Crippen LogP contribution in [0.15, 0.2) is 48.0 Å². The van der Waals surface area contributed by atoms with Gasteiger partial charge in [0.05, 0.1) is 28.7 Å². The quantitative estimate of drug-likeness (QED) is 0.471. The third-order valence-corrected chi connectivity index (χ3v) is 6.55. The lowest BCUT2D eigenvalue weighted by atomic mass is 9.97. The van der Waals surface area contributed by atoms with Gasteiger partial charge in [0, 0.05) is 35.7 Å². The molecule has 0 bridgehead atoms. The number of aromatic nitrogens is 1. The zero-order valence-electron chi connectivity index (χ0n) is 18.4. The molecule has 0 radical (unpaired) electrons. The molecule has 1 aliphatic rings. The Hall–Kier alpha value is -3.17. The van der Waals surface area contributed by atoms with E-state index in [0.717, 1.165) is 10.6 Å². The number of benzene rings is 2. The first-order chi connectivity index (χ1) is 16.5. The van der Waals surface area contributed by atoms with Gasteiger partial charge in [0.25, 0.3) is 0 Å². The minimum atomic E-state index is -0.534. The van der Waals surface area contributed by atoms with E-state index in [-0.39, 0.29) is 31.6 Å². The van der Waals surface area contributed by atoms with Crippen molar-refractivity contribution in [3.8, 4) is 5.75 Å². The molecule has 1 aliphatic heterocycles. The molecule has 2 aromatic carbocycles. The van der Waals surface area contributed by atoms with Crippen molar-refractivity contribution in [1.29, 1.82) is 0 Å². The average molecular weight is 504 g/mol. The molecule has 0 spiro atoms. The number of ether oxygens (including phenoxy) is 2. The Morgan fingerprint density at radius 1 is 1.29 bits per heavy atom. The maximum atomic E-state index is 14.0. The van der Waals surface area contributed by atoms with Crippen LogP contribution in [0.5, 0.6) is 5.75 Å². The molecule has 1 aromatic heterocycles. The van der Waals surface area contributed by atoms with Crippen LogP contribution in [0.4, 0.5) is 9.18 Å². The van der Waals surface area contributed by atoms with E-state index in [4.69, 9.17) is 21.1 Å². The van der Waals surface area contributed by atoms with Gasteiger partial charge in [-0.2, -0.15) is 0 Å². The first-order valence-corrected chi connectivity index (χ1v) is 12.0. The fraction of sp³-hybridized carbons (Fsp3) is 0.292. The van der Waals surface area contributed by atoms with Gasteiger partial charge in [0.2, 0.25) is 0 Å². The topological polar surface area (TPSA) is 80.8 Å². The van der Waals surface area contributed by atoms with Crippen LogP contribution in [0.1, 0.15) is 34.7 Å². The molecule has 1 N–H and O–H groups in total. The molecule has 34 heavy (non-hydrogen) atoms. The highest BCUT2D eigenvalue weighted by atomic mass is 35.5. The predicted molar refractivity (Wildman–Crippen MR) is 127 cm³/mol. The highest BCUT2D eigenvalue weighted by molar-refractivity contribution is 7.09. The van der Waals surface area contributed by atoms with Crippen molar-refractivity contribution in [2.24, 2.45) is 0 Å². The van der Waals surface area contributed by atoms with Crippen LogP contribution in [-0.4, -0.2) is 41.6 Å². The van der Waals surface area contributed by atoms with Crippen LogP contribution in [0.2, 0.25) is 5.02 Å². The number of halogens is 2. The Balaban J connectivity index is 1.63. The highest BCUT2D eigenvalue weighted by Crippen LogP contribution is 2.42. The summed E-state index contributed by atoms with van der Waals surface area (Å²) in [7, 11) is 0. The van der Waals surface area contributed by atoms with E-state index < -0.39 is 12.0 Å². The zero-order chi connectivity index (χ0) is 24.1. The molecule has 0 saturated heterocycles. The van der Waals surface area contributed by atoms with Crippen LogP contribution in [0, 0.1) is 5.82 Å². The van der Waals surface area contributed by atoms with E-state index in [9.17, 15) is 14.0 Å². The highest BCUT2D eigenvalue weighted by Gasteiger charge is 2.36. The van der Waals surface area contributed by atoms with Gasteiger partial charge in [0.15, 0.2) is 6.61 Å². The maximum Gasteiger partial charge on any atom is 0.344 e. The Morgan fingerprint density at radius 2 is 2.12 bits per heavy atom. The summed E-state index contributed by atoms with van der Waals surface area (Å²) in [5.74, 6) is -0.465. The van der Waals surface area contributed by atoms with Crippen molar-refractivity contribution in [1.82, 2.24) is 15.2 Å². The third kappa shape index (κ3) is 5.31. The van der Waals surface area contributed by atoms with Gasteiger partial charge in [0.1, 0.15) is 11.6 Å². The van der Waals surface area contributed by atoms with Crippen molar-refractivity contribution >= 4 is 34.9 Å².